The highest BCUT2D eigenvalue weighted by atomic mass is 79.9. The first kappa shape index (κ1) is 8.86. The first-order chi connectivity index (χ1) is 5.65. The Morgan fingerprint density at radius 1 is 1.50 bits per heavy atom. The van der Waals surface area contributed by atoms with Crippen LogP contribution in [0.4, 0.5) is 5.69 Å². The monoisotopic (exact) mass is 229 g/mol. The van der Waals surface area contributed by atoms with Crippen LogP contribution in [0.25, 0.3) is 0 Å². The van der Waals surface area contributed by atoms with Gasteiger partial charge in [-0.1, -0.05) is 6.07 Å². The summed E-state index contributed by atoms with van der Waals surface area (Å²) in [5.41, 5.74) is 0.199. The number of nitro benzene ring substituents is 1. The first-order valence-corrected chi connectivity index (χ1v) is 3.83. The number of benzene rings is 1. The molecule has 5 heteroatoms. The Bertz CT molecular complexity index is 337. The lowest BCUT2D eigenvalue weighted by molar-refractivity contribution is -0.385. The van der Waals surface area contributed by atoms with E-state index in [1.54, 1.807) is 0 Å². The Labute approximate surface area is 76.5 Å². The molecule has 0 aliphatic heterocycles. The molecule has 0 saturated heterocycles. The molecule has 0 aromatic heterocycles. The zero-order chi connectivity index (χ0) is 9.14. The highest BCUT2D eigenvalue weighted by Crippen LogP contribution is 2.24. The molecule has 0 radical (unpaired) electrons. The Kier molecular flexibility index (Phi) is 2.54. The number of rotatable bonds is 2. The summed E-state index contributed by atoms with van der Waals surface area (Å²) < 4.78 is 0.373. The van der Waals surface area contributed by atoms with Gasteiger partial charge in [-0.3, -0.25) is 14.9 Å². The SMILES string of the molecule is O=Cc1ccc(Br)c([N+](=O)[O-])c1. The van der Waals surface area contributed by atoms with Gasteiger partial charge >= 0.3 is 0 Å². The van der Waals surface area contributed by atoms with E-state index < -0.39 is 4.92 Å². The highest BCUT2D eigenvalue weighted by molar-refractivity contribution is 9.10. The molecule has 62 valence electrons. The molecule has 0 unspecified atom stereocenters. The third kappa shape index (κ3) is 1.68. The van der Waals surface area contributed by atoms with Crippen LogP contribution in [-0.4, -0.2) is 11.2 Å². The van der Waals surface area contributed by atoms with Crippen LogP contribution in [0.1, 0.15) is 10.4 Å². The summed E-state index contributed by atoms with van der Waals surface area (Å²) in [6.07, 6.45) is 0.569. The van der Waals surface area contributed by atoms with E-state index in [1.807, 2.05) is 0 Å². The molecule has 0 fully saturated rings. The zero-order valence-electron chi connectivity index (χ0n) is 5.86. The predicted molar refractivity (Wildman–Crippen MR) is 46.2 cm³/mol. The van der Waals surface area contributed by atoms with Crippen LogP contribution in [-0.2, 0) is 0 Å². The lowest BCUT2D eigenvalue weighted by Crippen LogP contribution is -1.90. The Morgan fingerprint density at radius 3 is 2.67 bits per heavy atom. The van der Waals surface area contributed by atoms with E-state index in [4.69, 9.17) is 0 Å². The summed E-state index contributed by atoms with van der Waals surface area (Å²) in [6.45, 7) is 0. The number of aldehydes is 1. The summed E-state index contributed by atoms with van der Waals surface area (Å²) in [5, 5.41) is 10.3. The number of hydrogen-bond acceptors (Lipinski definition) is 3. The molecule has 1 aromatic carbocycles. The fraction of sp³-hybridized carbons (Fsp3) is 0. The summed E-state index contributed by atoms with van der Waals surface area (Å²) in [6, 6.07) is 4.20. The van der Waals surface area contributed by atoms with Gasteiger partial charge < -0.3 is 0 Å². The number of nitrogens with zero attached hydrogens (tertiary/aromatic N) is 1. The molecule has 0 bridgehead atoms. The molecule has 0 N–H and O–H groups in total. The largest absolute Gasteiger partial charge is 0.298 e. The maximum absolute atomic E-state index is 10.3. The van der Waals surface area contributed by atoms with E-state index in [1.165, 1.54) is 18.2 Å². The van der Waals surface area contributed by atoms with Crippen molar-refractivity contribution < 1.29 is 9.72 Å². The fourth-order valence-corrected chi connectivity index (χ4v) is 1.13. The number of carbonyl (C=O) groups excluding carboxylic acids is 1. The summed E-state index contributed by atoms with van der Waals surface area (Å²) in [5.74, 6) is 0. The van der Waals surface area contributed by atoms with Crippen LogP contribution in [0.5, 0.6) is 0 Å². The Hall–Kier alpha value is -1.23. The molecular formula is C7H4BrNO3. The van der Waals surface area contributed by atoms with Crippen molar-refractivity contribution in [2.75, 3.05) is 0 Å². The van der Waals surface area contributed by atoms with Gasteiger partial charge in [-0.2, -0.15) is 0 Å². The maximum Gasteiger partial charge on any atom is 0.284 e. The number of hydrogen-bond donors (Lipinski definition) is 0. The molecule has 4 nitrogen and oxygen atoms in total. The van der Waals surface area contributed by atoms with Crippen LogP contribution in [0.2, 0.25) is 0 Å². The summed E-state index contributed by atoms with van der Waals surface area (Å²) in [4.78, 5) is 20.1. The van der Waals surface area contributed by atoms with E-state index in [9.17, 15) is 14.9 Å². The molecule has 12 heavy (non-hydrogen) atoms. The molecule has 1 rings (SSSR count). The van der Waals surface area contributed by atoms with E-state index in [0.717, 1.165) is 0 Å². The maximum atomic E-state index is 10.3. The second-order valence-corrected chi connectivity index (χ2v) is 2.94. The molecule has 0 spiro atoms. The molecule has 0 amide bonds. The quantitative estimate of drug-likeness (QED) is 0.444. The highest BCUT2D eigenvalue weighted by Gasteiger charge is 2.11. The average molecular weight is 230 g/mol. The number of halogens is 1. The smallest absolute Gasteiger partial charge is 0.284 e. The second-order valence-electron chi connectivity index (χ2n) is 2.09. The van der Waals surface area contributed by atoms with Gasteiger partial charge in [0.25, 0.3) is 5.69 Å². The Balaban J connectivity index is 3.25. The number of carbonyl (C=O) groups is 1. The zero-order valence-corrected chi connectivity index (χ0v) is 7.45. The van der Waals surface area contributed by atoms with E-state index in [2.05, 4.69) is 15.9 Å². The van der Waals surface area contributed by atoms with Gasteiger partial charge in [0.1, 0.15) is 6.29 Å². The fourth-order valence-electron chi connectivity index (χ4n) is 0.743. The second kappa shape index (κ2) is 3.44. The van der Waals surface area contributed by atoms with Crippen molar-refractivity contribution in [2.24, 2.45) is 0 Å². The van der Waals surface area contributed by atoms with Crippen molar-refractivity contribution in [1.29, 1.82) is 0 Å². The molecule has 0 atom stereocenters. The van der Waals surface area contributed by atoms with Gasteiger partial charge in [-0.25, -0.2) is 0 Å². The molecule has 0 aliphatic carbocycles. The average Bonchev–Trinajstić information content (AvgIpc) is 2.05. The van der Waals surface area contributed by atoms with Crippen LogP contribution in [0, 0.1) is 10.1 Å². The van der Waals surface area contributed by atoms with Crippen molar-refractivity contribution in [1.82, 2.24) is 0 Å². The summed E-state index contributed by atoms with van der Waals surface area (Å²) in [7, 11) is 0. The molecule has 1 aromatic rings. The molecule has 0 aliphatic rings. The van der Waals surface area contributed by atoms with Gasteiger partial charge in [-0.05, 0) is 22.0 Å². The van der Waals surface area contributed by atoms with Crippen LogP contribution < -0.4 is 0 Å². The van der Waals surface area contributed by atoms with Gasteiger partial charge in [-0.15, -0.1) is 0 Å². The van der Waals surface area contributed by atoms with Crippen molar-refractivity contribution in [3.63, 3.8) is 0 Å². The third-order valence-corrected chi connectivity index (χ3v) is 1.97. The standard InChI is InChI=1S/C7H4BrNO3/c8-6-2-1-5(4-10)3-7(6)9(11)12/h1-4H. The van der Waals surface area contributed by atoms with Crippen molar-refractivity contribution in [3.05, 3.63) is 38.3 Å². The minimum absolute atomic E-state index is 0.0976. The van der Waals surface area contributed by atoms with Gasteiger partial charge in [0.2, 0.25) is 0 Å². The number of nitro groups is 1. The van der Waals surface area contributed by atoms with Crippen molar-refractivity contribution in [2.45, 2.75) is 0 Å². The topological polar surface area (TPSA) is 60.2 Å². The third-order valence-electron chi connectivity index (χ3n) is 1.30. The lowest BCUT2D eigenvalue weighted by Gasteiger charge is -1.94. The van der Waals surface area contributed by atoms with Crippen LogP contribution >= 0.6 is 15.9 Å². The van der Waals surface area contributed by atoms with Crippen LogP contribution in [0.15, 0.2) is 22.7 Å². The van der Waals surface area contributed by atoms with Crippen molar-refractivity contribution in [3.8, 4) is 0 Å². The van der Waals surface area contributed by atoms with E-state index >= 15 is 0 Å². The van der Waals surface area contributed by atoms with E-state index in [0.29, 0.717) is 16.3 Å². The lowest BCUT2D eigenvalue weighted by atomic mass is 10.2. The van der Waals surface area contributed by atoms with Gasteiger partial charge in [0.15, 0.2) is 0 Å². The summed E-state index contributed by atoms with van der Waals surface area (Å²) >= 11 is 3.00. The minimum Gasteiger partial charge on any atom is -0.298 e. The molecule has 0 heterocycles. The predicted octanol–water partition coefficient (Wildman–Crippen LogP) is 2.17. The van der Waals surface area contributed by atoms with Gasteiger partial charge in [0, 0.05) is 11.6 Å². The Morgan fingerprint density at radius 2 is 2.17 bits per heavy atom. The molecular weight excluding hydrogens is 226 g/mol. The molecule has 0 saturated carbocycles. The van der Waals surface area contributed by atoms with Gasteiger partial charge in [0.05, 0.1) is 9.40 Å². The normalized spacial score (nSPS) is 9.42. The van der Waals surface area contributed by atoms with E-state index in [-0.39, 0.29) is 5.69 Å². The first-order valence-electron chi connectivity index (χ1n) is 3.04. The van der Waals surface area contributed by atoms with Crippen molar-refractivity contribution >= 4 is 27.9 Å². The minimum atomic E-state index is -0.545. The van der Waals surface area contributed by atoms with Crippen LogP contribution in [0.3, 0.4) is 0 Å².